The second-order valence-corrected chi connectivity index (χ2v) is 20.9. The molecule has 0 aliphatic carbocycles. The van der Waals surface area contributed by atoms with E-state index in [1.54, 1.807) is 0 Å². The second-order valence-electron chi connectivity index (χ2n) is 11.3. The predicted molar refractivity (Wildman–Crippen MR) is 132 cm³/mol. The molecule has 1 heterocycles. The zero-order chi connectivity index (χ0) is 25.0. The Hall–Kier alpha value is -1.34. The van der Waals surface area contributed by atoms with E-state index in [2.05, 4.69) is 67.7 Å². The first-order valence-corrected chi connectivity index (χ1v) is 17.0. The van der Waals surface area contributed by atoms with Gasteiger partial charge >= 0.3 is 5.97 Å². The van der Waals surface area contributed by atoms with Crippen molar-refractivity contribution in [3.8, 4) is 11.8 Å². The first-order chi connectivity index (χ1) is 14.4. The van der Waals surface area contributed by atoms with E-state index in [1.807, 2.05) is 4.90 Å². The maximum absolute atomic E-state index is 12.5. The molecule has 10 heteroatoms. The minimum Gasteiger partial charge on any atom is -0.492 e. The molecule has 0 radical (unpaired) electrons. The van der Waals surface area contributed by atoms with Crippen molar-refractivity contribution in [3.05, 3.63) is 12.1 Å². The first kappa shape index (κ1) is 28.7. The zero-order valence-electron chi connectivity index (χ0n) is 21.6. The molecule has 1 rings (SSSR count). The summed E-state index contributed by atoms with van der Waals surface area (Å²) in [6.07, 6.45) is 0. The molecule has 0 aromatic carbocycles. The van der Waals surface area contributed by atoms with Crippen molar-refractivity contribution < 1.29 is 28.7 Å². The summed E-state index contributed by atoms with van der Waals surface area (Å²) in [6.45, 7) is 24.0. The minimum atomic E-state index is -1.90. The van der Waals surface area contributed by atoms with Gasteiger partial charge in [-0.2, -0.15) is 0 Å². The van der Waals surface area contributed by atoms with Crippen LogP contribution in [0.3, 0.4) is 0 Å². The lowest BCUT2D eigenvalue weighted by molar-refractivity contribution is -0.146. The summed E-state index contributed by atoms with van der Waals surface area (Å²) in [5.74, 6) is -1.28. The molecule has 0 saturated carbocycles. The Kier molecular flexibility index (Phi) is 9.62. The Bertz CT molecular complexity index is 699. The van der Waals surface area contributed by atoms with Gasteiger partial charge in [0, 0.05) is 38.4 Å². The third kappa shape index (κ3) is 8.22. The summed E-state index contributed by atoms with van der Waals surface area (Å²) < 4.78 is 13.3. The number of nitrogens with zero attached hydrogens (tertiary/aromatic N) is 2. The van der Waals surface area contributed by atoms with Crippen LogP contribution >= 0.6 is 0 Å². The lowest BCUT2D eigenvalue weighted by Crippen LogP contribution is -2.46. The van der Waals surface area contributed by atoms with Crippen molar-refractivity contribution >= 4 is 22.6 Å². The van der Waals surface area contributed by atoms with E-state index in [-0.39, 0.29) is 28.4 Å². The molecule has 0 fully saturated rings. The van der Waals surface area contributed by atoms with E-state index in [4.69, 9.17) is 13.7 Å². The van der Waals surface area contributed by atoms with Gasteiger partial charge in [-0.05, 0) is 36.3 Å². The van der Waals surface area contributed by atoms with Gasteiger partial charge in [0.25, 0.3) is 0 Å². The van der Waals surface area contributed by atoms with Gasteiger partial charge in [-0.25, -0.2) is 4.79 Å². The van der Waals surface area contributed by atoms with Crippen molar-refractivity contribution in [2.45, 2.75) is 77.8 Å². The van der Waals surface area contributed by atoms with Crippen LogP contribution in [0.4, 0.5) is 0 Å². The van der Waals surface area contributed by atoms with E-state index < -0.39 is 22.6 Å². The Morgan fingerprint density at radius 2 is 1.25 bits per heavy atom. The predicted octanol–water partition coefficient (Wildman–Crippen LogP) is 4.20. The number of aromatic nitrogens is 1. The lowest BCUT2D eigenvalue weighted by atomic mass is 10.2. The molecule has 0 bridgehead atoms. The SMILES string of the molecule is CC(C)(C)[Si](C)(C)OCCN(CCO[Si](C)(C)C(C)(C)C)CC(=O)On1c(O)ccc1O. The second kappa shape index (κ2) is 10.7. The summed E-state index contributed by atoms with van der Waals surface area (Å²) in [4.78, 5) is 19.5. The molecule has 2 N–H and O–H groups in total. The average molecular weight is 489 g/mol. The van der Waals surface area contributed by atoms with Gasteiger partial charge in [0.1, 0.15) is 0 Å². The van der Waals surface area contributed by atoms with E-state index in [9.17, 15) is 15.0 Å². The molecule has 0 aliphatic rings. The molecular formula is C22H44N2O6Si2. The normalized spacial score (nSPS) is 13.6. The summed E-state index contributed by atoms with van der Waals surface area (Å²) in [5.41, 5.74) is 0. The Morgan fingerprint density at radius 1 is 0.875 bits per heavy atom. The monoisotopic (exact) mass is 488 g/mol. The fourth-order valence-electron chi connectivity index (χ4n) is 2.37. The van der Waals surface area contributed by atoms with Gasteiger partial charge < -0.3 is 23.9 Å². The van der Waals surface area contributed by atoms with Crippen molar-refractivity contribution in [1.29, 1.82) is 0 Å². The molecule has 1 aromatic heterocycles. The molecule has 0 saturated heterocycles. The van der Waals surface area contributed by atoms with Crippen LogP contribution in [0.5, 0.6) is 11.8 Å². The van der Waals surface area contributed by atoms with Gasteiger partial charge in [-0.1, -0.05) is 41.5 Å². The van der Waals surface area contributed by atoms with E-state index >= 15 is 0 Å². The number of carbonyl (C=O) groups is 1. The average Bonchev–Trinajstić information content (AvgIpc) is 2.91. The fraction of sp³-hybridized carbons (Fsp3) is 0.773. The number of hydrogen-bond donors (Lipinski definition) is 2. The van der Waals surface area contributed by atoms with E-state index in [0.717, 1.165) is 0 Å². The van der Waals surface area contributed by atoms with Crippen LogP contribution in [0, 0.1) is 0 Å². The van der Waals surface area contributed by atoms with Gasteiger partial charge in [0.2, 0.25) is 11.8 Å². The van der Waals surface area contributed by atoms with E-state index in [1.165, 1.54) is 12.1 Å². The Balaban J connectivity index is 2.77. The van der Waals surface area contributed by atoms with Crippen LogP contribution in [0.2, 0.25) is 36.3 Å². The van der Waals surface area contributed by atoms with Crippen LogP contribution in [0.25, 0.3) is 0 Å². The summed E-state index contributed by atoms with van der Waals surface area (Å²) in [5, 5.41) is 19.6. The van der Waals surface area contributed by atoms with Gasteiger partial charge in [-0.3, -0.25) is 4.90 Å². The van der Waals surface area contributed by atoms with Crippen LogP contribution in [-0.4, -0.2) is 75.3 Å². The third-order valence-electron chi connectivity index (χ3n) is 6.70. The number of hydrogen-bond acceptors (Lipinski definition) is 7. The van der Waals surface area contributed by atoms with Crippen molar-refractivity contribution in [3.63, 3.8) is 0 Å². The quantitative estimate of drug-likeness (QED) is 0.451. The van der Waals surface area contributed by atoms with Gasteiger partial charge in [0.15, 0.2) is 16.6 Å². The molecule has 0 spiro atoms. The van der Waals surface area contributed by atoms with Crippen LogP contribution in [0.1, 0.15) is 41.5 Å². The Morgan fingerprint density at radius 3 is 1.59 bits per heavy atom. The Labute approximate surface area is 195 Å². The van der Waals surface area contributed by atoms with Crippen molar-refractivity contribution in [1.82, 2.24) is 9.63 Å². The molecule has 0 amide bonds. The lowest BCUT2D eigenvalue weighted by Gasteiger charge is -2.37. The fourth-order valence-corrected chi connectivity index (χ4v) is 4.44. The topological polar surface area (TPSA) is 93.4 Å². The third-order valence-corrected chi connectivity index (χ3v) is 15.8. The van der Waals surface area contributed by atoms with E-state index in [0.29, 0.717) is 31.0 Å². The highest BCUT2D eigenvalue weighted by Crippen LogP contribution is 2.37. The van der Waals surface area contributed by atoms with Crippen LogP contribution < -0.4 is 4.84 Å². The van der Waals surface area contributed by atoms with Crippen LogP contribution in [-0.2, 0) is 13.6 Å². The molecular weight excluding hydrogens is 444 g/mol. The highest BCUT2D eigenvalue weighted by molar-refractivity contribution is 6.74. The largest absolute Gasteiger partial charge is 0.492 e. The zero-order valence-corrected chi connectivity index (χ0v) is 23.6. The smallest absolute Gasteiger partial charge is 0.347 e. The van der Waals surface area contributed by atoms with Gasteiger partial charge in [-0.15, -0.1) is 4.73 Å². The highest BCUT2D eigenvalue weighted by atomic mass is 28.4. The minimum absolute atomic E-state index is 0.0151. The van der Waals surface area contributed by atoms with Crippen molar-refractivity contribution in [2.75, 3.05) is 32.8 Å². The number of carbonyl (C=O) groups excluding carboxylic acids is 1. The number of aromatic hydroxyl groups is 2. The maximum atomic E-state index is 12.5. The summed E-state index contributed by atoms with van der Waals surface area (Å²) >= 11 is 0. The molecule has 8 nitrogen and oxygen atoms in total. The molecule has 186 valence electrons. The first-order valence-electron chi connectivity index (χ1n) is 11.2. The maximum Gasteiger partial charge on any atom is 0.347 e. The molecule has 0 unspecified atom stereocenters. The van der Waals surface area contributed by atoms with Gasteiger partial charge in [0.05, 0.1) is 6.54 Å². The molecule has 1 aromatic rings. The molecule has 32 heavy (non-hydrogen) atoms. The highest BCUT2D eigenvalue weighted by Gasteiger charge is 2.38. The molecule has 0 atom stereocenters. The molecule has 0 aliphatic heterocycles. The number of rotatable bonds is 11. The standard InChI is InChI=1S/C22H44N2O6Si2/c1-21(2,3)31(7,8)28-15-13-23(14-16-29-32(9,10)22(4,5)6)17-20(27)30-24-18(25)11-12-19(24)26/h11-12,25-26H,13-17H2,1-10H3. The van der Waals surface area contributed by atoms with Crippen LogP contribution in [0.15, 0.2) is 12.1 Å². The van der Waals surface area contributed by atoms with Crippen molar-refractivity contribution in [2.24, 2.45) is 0 Å². The summed E-state index contributed by atoms with van der Waals surface area (Å²) in [6, 6.07) is 2.50. The summed E-state index contributed by atoms with van der Waals surface area (Å²) in [7, 11) is -3.80.